The molecule has 0 aliphatic carbocycles. The quantitative estimate of drug-likeness (QED) is 0.803. The van der Waals surface area contributed by atoms with Gasteiger partial charge in [-0.15, -0.1) is 0 Å². The second-order valence-corrected chi connectivity index (χ2v) is 9.67. The van der Waals surface area contributed by atoms with Crippen LogP contribution in [0, 0.1) is 6.92 Å². The highest BCUT2D eigenvalue weighted by atomic mass is 32.2. The Bertz CT molecular complexity index is 803. The average Bonchev–Trinajstić information content (AvgIpc) is 2.53. The molecule has 0 saturated carbocycles. The zero-order chi connectivity index (χ0) is 20.5. The maximum Gasteiger partial charge on any atom is 0.408 e. The zero-order valence-corrected chi connectivity index (χ0v) is 16.8. The van der Waals surface area contributed by atoms with Crippen LogP contribution in [0.15, 0.2) is 29.2 Å². The van der Waals surface area contributed by atoms with Crippen molar-refractivity contribution in [3.8, 4) is 0 Å². The summed E-state index contributed by atoms with van der Waals surface area (Å²) >= 11 is 0. The van der Waals surface area contributed by atoms with Crippen LogP contribution >= 0.6 is 0 Å². The number of carboxylic acids is 1. The molecule has 1 fully saturated rings. The van der Waals surface area contributed by atoms with Crippen LogP contribution in [0.1, 0.15) is 39.2 Å². The second kappa shape index (κ2) is 7.47. The van der Waals surface area contributed by atoms with E-state index in [1.807, 2.05) is 6.92 Å². The van der Waals surface area contributed by atoms with E-state index in [0.29, 0.717) is 0 Å². The number of carbonyl (C=O) groups is 2. The number of amides is 1. The molecule has 1 aliphatic heterocycles. The molecule has 0 unspecified atom stereocenters. The number of piperidine rings is 1. The van der Waals surface area contributed by atoms with Gasteiger partial charge in [0.05, 0.1) is 4.90 Å². The van der Waals surface area contributed by atoms with Gasteiger partial charge in [-0.25, -0.2) is 18.0 Å². The van der Waals surface area contributed by atoms with E-state index in [2.05, 4.69) is 5.32 Å². The first-order valence-electron chi connectivity index (χ1n) is 8.67. The summed E-state index contributed by atoms with van der Waals surface area (Å²) in [6.07, 6.45) is -0.931. The number of hydrogen-bond donors (Lipinski definition) is 2. The van der Waals surface area contributed by atoms with E-state index >= 15 is 0 Å². The molecule has 1 amide bonds. The molecule has 1 aliphatic rings. The zero-order valence-electron chi connectivity index (χ0n) is 16.0. The summed E-state index contributed by atoms with van der Waals surface area (Å²) in [6, 6.07) is 6.48. The Morgan fingerprint density at radius 1 is 1.15 bits per heavy atom. The van der Waals surface area contributed by atoms with Crippen molar-refractivity contribution in [1.29, 1.82) is 0 Å². The van der Waals surface area contributed by atoms with Gasteiger partial charge in [0.25, 0.3) is 0 Å². The number of sulfonamides is 1. The first kappa shape index (κ1) is 21.2. The number of rotatable bonds is 4. The fourth-order valence-corrected chi connectivity index (χ4v) is 4.30. The number of nitrogens with one attached hydrogen (secondary N) is 1. The SMILES string of the molecule is Cc1ccc(S(=O)(=O)N2CCC(NC(=O)OC(C)(C)C)(C(=O)O)CC2)cc1. The fraction of sp³-hybridized carbons (Fsp3) is 0.556. The molecule has 1 aromatic rings. The first-order valence-corrected chi connectivity index (χ1v) is 10.1. The molecule has 0 radical (unpaired) electrons. The van der Waals surface area contributed by atoms with Crippen LogP contribution in [0.3, 0.4) is 0 Å². The summed E-state index contributed by atoms with van der Waals surface area (Å²) in [7, 11) is -3.72. The number of carbonyl (C=O) groups excluding carboxylic acids is 1. The summed E-state index contributed by atoms with van der Waals surface area (Å²) in [6.45, 7) is 6.86. The fourth-order valence-electron chi connectivity index (χ4n) is 2.86. The van der Waals surface area contributed by atoms with E-state index in [0.717, 1.165) is 5.56 Å². The van der Waals surface area contributed by atoms with Crippen LogP contribution < -0.4 is 5.32 Å². The van der Waals surface area contributed by atoms with E-state index in [9.17, 15) is 23.1 Å². The van der Waals surface area contributed by atoms with Crippen LogP contribution in [-0.2, 0) is 19.6 Å². The van der Waals surface area contributed by atoms with E-state index in [1.165, 1.54) is 16.4 Å². The van der Waals surface area contributed by atoms with Gasteiger partial charge in [0.1, 0.15) is 11.1 Å². The summed E-state index contributed by atoms with van der Waals surface area (Å²) < 4.78 is 31.9. The molecular weight excluding hydrogens is 372 g/mol. The number of hydrogen-bond acceptors (Lipinski definition) is 5. The Morgan fingerprint density at radius 3 is 2.11 bits per heavy atom. The Morgan fingerprint density at radius 2 is 1.67 bits per heavy atom. The van der Waals surface area contributed by atoms with Gasteiger partial charge in [0, 0.05) is 13.1 Å². The Labute approximate surface area is 159 Å². The highest BCUT2D eigenvalue weighted by Crippen LogP contribution is 2.28. The van der Waals surface area contributed by atoms with Gasteiger partial charge in [0.15, 0.2) is 0 Å². The second-order valence-electron chi connectivity index (χ2n) is 7.73. The maximum atomic E-state index is 12.8. The standard InChI is InChI=1S/C18H26N2O6S/c1-13-5-7-14(8-6-13)27(24,25)20-11-9-18(10-12-20,15(21)22)19-16(23)26-17(2,3)4/h5-8H,9-12H2,1-4H3,(H,19,23)(H,21,22). The predicted octanol–water partition coefficient (Wildman–Crippen LogP) is 2.13. The molecule has 1 aromatic carbocycles. The van der Waals surface area contributed by atoms with Crippen molar-refractivity contribution in [1.82, 2.24) is 9.62 Å². The van der Waals surface area contributed by atoms with Gasteiger partial charge in [-0.05, 0) is 52.7 Å². The van der Waals surface area contributed by atoms with Gasteiger partial charge in [-0.2, -0.15) is 4.31 Å². The minimum Gasteiger partial charge on any atom is -0.480 e. The number of nitrogens with zero attached hydrogens (tertiary/aromatic N) is 1. The van der Waals surface area contributed by atoms with Crippen LogP contribution in [0.4, 0.5) is 4.79 Å². The largest absolute Gasteiger partial charge is 0.480 e. The average molecular weight is 398 g/mol. The van der Waals surface area contributed by atoms with Crippen LogP contribution in [-0.4, -0.2) is 54.1 Å². The van der Waals surface area contributed by atoms with E-state index in [1.54, 1.807) is 32.9 Å². The number of benzene rings is 1. The predicted molar refractivity (Wildman–Crippen MR) is 98.9 cm³/mol. The normalized spacial score (nSPS) is 17.9. The van der Waals surface area contributed by atoms with Crippen LogP contribution in [0.2, 0.25) is 0 Å². The minimum absolute atomic E-state index is 0.0156. The molecule has 8 nitrogen and oxygen atoms in total. The molecule has 2 N–H and O–H groups in total. The number of aryl methyl sites for hydroxylation is 1. The van der Waals surface area contributed by atoms with Gasteiger partial charge in [0.2, 0.25) is 10.0 Å². The molecule has 1 heterocycles. The lowest BCUT2D eigenvalue weighted by Crippen LogP contribution is -2.61. The molecule has 0 bridgehead atoms. The molecule has 0 atom stereocenters. The lowest BCUT2D eigenvalue weighted by atomic mass is 9.88. The van der Waals surface area contributed by atoms with E-state index in [-0.39, 0.29) is 30.8 Å². The highest BCUT2D eigenvalue weighted by molar-refractivity contribution is 7.89. The molecular formula is C18H26N2O6S. The monoisotopic (exact) mass is 398 g/mol. The van der Waals surface area contributed by atoms with Gasteiger partial charge < -0.3 is 15.2 Å². The number of carboxylic acid groups (broad SMARTS) is 1. The third-order valence-corrected chi connectivity index (χ3v) is 6.30. The molecule has 0 aromatic heterocycles. The molecule has 27 heavy (non-hydrogen) atoms. The first-order chi connectivity index (χ1) is 12.4. The van der Waals surface area contributed by atoms with Crippen molar-refractivity contribution < 1.29 is 27.9 Å². The Balaban J connectivity index is 2.13. The summed E-state index contributed by atoms with van der Waals surface area (Å²) in [5.41, 5.74) is -1.37. The smallest absolute Gasteiger partial charge is 0.408 e. The topological polar surface area (TPSA) is 113 Å². The Hall–Kier alpha value is -2.13. The molecule has 9 heteroatoms. The minimum atomic E-state index is -3.72. The number of ether oxygens (including phenoxy) is 1. The van der Waals surface area contributed by atoms with Crippen LogP contribution in [0.5, 0.6) is 0 Å². The van der Waals surface area contributed by atoms with Crippen molar-refractivity contribution in [2.75, 3.05) is 13.1 Å². The number of alkyl carbamates (subject to hydrolysis) is 1. The van der Waals surface area contributed by atoms with E-state index < -0.39 is 33.2 Å². The van der Waals surface area contributed by atoms with E-state index in [4.69, 9.17) is 4.74 Å². The van der Waals surface area contributed by atoms with Crippen molar-refractivity contribution >= 4 is 22.1 Å². The summed E-state index contributed by atoms with van der Waals surface area (Å²) in [5, 5.41) is 12.1. The summed E-state index contributed by atoms with van der Waals surface area (Å²) in [5.74, 6) is -1.21. The summed E-state index contributed by atoms with van der Waals surface area (Å²) in [4.78, 5) is 24.0. The third kappa shape index (κ3) is 4.98. The molecule has 1 saturated heterocycles. The lowest BCUT2D eigenvalue weighted by molar-refractivity contribution is -0.146. The lowest BCUT2D eigenvalue weighted by Gasteiger charge is -2.38. The third-order valence-electron chi connectivity index (χ3n) is 4.38. The molecule has 0 spiro atoms. The number of aliphatic carboxylic acids is 1. The molecule has 150 valence electrons. The van der Waals surface area contributed by atoms with Crippen molar-refractivity contribution in [3.05, 3.63) is 29.8 Å². The highest BCUT2D eigenvalue weighted by Gasteiger charge is 2.46. The maximum absolute atomic E-state index is 12.8. The molecule has 2 rings (SSSR count). The Kier molecular flexibility index (Phi) is 5.86. The van der Waals surface area contributed by atoms with Gasteiger partial charge in [-0.3, -0.25) is 0 Å². The van der Waals surface area contributed by atoms with Crippen LogP contribution in [0.25, 0.3) is 0 Å². The van der Waals surface area contributed by atoms with Gasteiger partial charge in [-0.1, -0.05) is 17.7 Å². The van der Waals surface area contributed by atoms with Crippen molar-refractivity contribution in [3.63, 3.8) is 0 Å². The van der Waals surface area contributed by atoms with Crippen molar-refractivity contribution in [2.24, 2.45) is 0 Å². The van der Waals surface area contributed by atoms with Gasteiger partial charge >= 0.3 is 12.1 Å². The van der Waals surface area contributed by atoms with Crippen molar-refractivity contribution in [2.45, 2.75) is 56.6 Å².